The van der Waals surface area contributed by atoms with E-state index >= 15 is 0 Å². The summed E-state index contributed by atoms with van der Waals surface area (Å²) in [4.78, 5) is 24.8. The molecule has 3 aromatic carbocycles. The lowest BCUT2D eigenvalue weighted by Gasteiger charge is -2.07. The van der Waals surface area contributed by atoms with E-state index < -0.39 is 5.97 Å². The number of halogens is 1. The number of benzene rings is 3. The monoisotopic (exact) mass is 430 g/mol. The van der Waals surface area contributed by atoms with Crippen molar-refractivity contribution < 1.29 is 23.1 Å². The minimum absolute atomic E-state index is 0.0636. The molecule has 0 saturated carbocycles. The first kappa shape index (κ1) is 21.1. The third kappa shape index (κ3) is 4.92. The van der Waals surface area contributed by atoms with Gasteiger partial charge in [-0.25, -0.2) is 9.18 Å². The summed E-state index contributed by atoms with van der Waals surface area (Å²) in [6.45, 7) is 2.06. The molecule has 0 aliphatic rings. The second-order valence-corrected chi connectivity index (χ2v) is 6.99. The van der Waals surface area contributed by atoms with E-state index in [9.17, 15) is 14.0 Å². The molecule has 0 fully saturated rings. The molecule has 1 heterocycles. The van der Waals surface area contributed by atoms with Gasteiger partial charge in [0.25, 0.3) is 0 Å². The fourth-order valence-corrected chi connectivity index (χ4v) is 3.03. The van der Waals surface area contributed by atoms with Crippen LogP contribution in [-0.2, 0) is 11.2 Å². The molecule has 0 aliphatic carbocycles. The minimum atomic E-state index is -0.619. The Balaban J connectivity index is 1.49. The van der Waals surface area contributed by atoms with E-state index in [-0.39, 0.29) is 28.3 Å². The summed E-state index contributed by atoms with van der Waals surface area (Å²) in [6.07, 6.45) is 4.89. The zero-order chi connectivity index (χ0) is 22.5. The highest BCUT2D eigenvalue weighted by molar-refractivity contribution is 5.89. The Morgan fingerprint density at radius 3 is 2.44 bits per heavy atom. The van der Waals surface area contributed by atoms with Crippen LogP contribution in [0, 0.1) is 5.82 Å². The molecule has 0 N–H and O–H groups in total. The lowest BCUT2D eigenvalue weighted by atomic mass is 10.2. The van der Waals surface area contributed by atoms with Gasteiger partial charge in [0.15, 0.2) is 0 Å². The molecule has 0 spiro atoms. The molecular weight excluding hydrogens is 411 g/mol. The molecule has 4 aromatic rings. The van der Waals surface area contributed by atoms with E-state index in [1.54, 1.807) is 24.3 Å². The molecule has 4 rings (SSSR count). The van der Waals surface area contributed by atoms with Gasteiger partial charge in [0.05, 0.1) is 5.39 Å². The second-order valence-electron chi connectivity index (χ2n) is 6.99. The maximum atomic E-state index is 12.9. The number of rotatable bonds is 6. The predicted octanol–water partition coefficient (Wildman–Crippen LogP) is 5.91. The van der Waals surface area contributed by atoms with Crippen molar-refractivity contribution in [2.75, 3.05) is 0 Å². The molecule has 32 heavy (non-hydrogen) atoms. The summed E-state index contributed by atoms with van der Waals surface area (Å²) in [5.41, 5.74) is 1.75. The van der Waals surface area contributed by atoms with Gasteiger partial charge in [-0.2, -0.15) is 0 Å². The molecule has 0 unspecified atom stereocenters. The van der Waals surface area contributed by atoms with Crippen LogP contribution in [0.3, 0.4) is 0 Å². The highest BCUT2D eigenvalue weighted by Gasteiger charge is 2.11. The fourth-order valence-electron chi connectivity index (χ4n) is 3.03. The number of fused-ring (bicyclic) bond motifs is 1. The van der Waals surface area contributed by atoms with E-state index in [1.165, 1.54) is 48.7 Å². The topological polar surface area (TPSA) is 65.7 Å². The van der Waals surface area contributed by atoms with Gasteiger partial charge < -0.3 is 13.9 Å². The maximum Gasteiger partial charge on any atom is 0.336 e. The fraction of sp³-hybridized carbons (Fsp3) is 0.0769. The van der Waals surface area contributed by atoms with Crippen molar-refractivity contribution in [3.8, 4) is 17.2 Å². The van der Waals surface area contributed by atoms with Crippen molar-refractivity contribution in [3.63, 3.8) is 0 Å². The van der Waals surface area contributed by atoms with Crippen molar-refractivity contribution in [2.45, 2.75) is 13.3 Å². The van der Waals surface area contributed by atoms with Crippen LogP contribution in [-0.4, -0.2) is 5.97 Å². The second kappa shape index (κ2) is 9.31. The SMILES string of the molecule is CCc1ccc(Oc2coc3cc(OC(=O)C=Cc4ccc(F)cc4)ccc3c2=O)cc1. The molecule has 0 radical (unpaired) electrons. The Morgan fingerprint density at radius 1 is 1.00 bits per heavy atom. The van der Waals surface area contributed by atoms with E-state index in [0.717, 1.165) is 12.0 Å². The van der Waals surface area contributed by atoms with Crippen LogP contribution in [0.4, 0.5) is 4.39 Å². The first-order valence-corrected chi connectivity index (χ1v) is 9.99. The van der Waals surface area contributed by atoms with Crippen molar-refractivity contribution in [2.24, 2.45) is 0 Å². The number of hydrogen-bond donors (Lipinski definition) is 0. The quantitative estimate of drug-likeness (QED) is 0.216. The Hall–Kier alpha value is -4.19. The van der Waals surface area contributed by atoms with Crippen molar-refractivity contribution in [3.05, 3.63) is 106 Å². The summed E-state index contributed by atoms with van der Waals surface area (Å²) in [5, 5.41) is 0.300. The van der Waals surface area contributed by atoms with Crippen molar-refractivity contribution in [1.29, 1.82) is 0 Å². The summed E-state index contributed by atoms with van der Waals surface area (Å²) in [7, 11) is 0. The third-order valence-electron chi connectivity index (χ3n) is 4.77. The average molecular weight is 430 g/mol. The van der Waals surface area contributed by atoms with Crippen LogP contribution < -0.4 is 14.9 Å². The van der Waals surface area contributed by atoms with E-state index in [0.29, 0.717) is 16.7 Å². The molecule has 0 atom stereocenters. The van der Waals surface area contributed by atoms with Gasteiger partial charge in [0, 0.05) is 12.1 Å². The normalized spacial score (nSPS) is 11.1. The summed E-state index contributed by atoms with van der Waals surface area (Å²) >= 11 is 0. The van der Waals surface area contributed by atoms with Crippen molar-refractivity contribution >= 4 is 23.0 Å². The number of ether oxygens (including phenoxy) is 2. The predicted molar refractivity (Wildman–Crippen MR) is 119 cm³/mol. The first-order chi connectivity index (χ1) is 15.5. The van der Waals surface area contributed by atoms with Crippen LogP contribution in [0.15, 0.2) is 88.3 Å². The molecule has 0 saturated heterocycles. The number of esters is 1. The molecule has 5 nitrogen and oxygen atoms in total. The van der Waals surface area contributed by atoms with Gasteiger partial charge in [0.2, 0.25) is 11.2 Å². The van der Waals surface area contributed by atoms with Crippen LogP contribution in [0.25, 0.3) is 17.0 Å². The lowest BCUT2D eigenvalue weighted by Crippen LogP contribution is -2.06. The van der Waals surface area contributed by atoms with E-state index in [2.05, 4.69) is 6.92 Å². The molecule has 160 valence electrons. The van der Waals surface area contributed by atoms with Gasteiger partial charge in [0.1, 0.15) is 29.2 Å². The van der Waals surface area contributed by atoms with Gasteiger partial charge >= 0.3 is 5.97 Å². The molecule has 6 heteroatoms. The lowest BCUT2D eigenvalue weighted by molar-refractivity contribution is -0.128. The molecule has 1 aromatic heterocycles. The van der Waals surface area contributed by atoms with Crippen molar-refractivity contribution in [1.82, 2.24) is 0 Å². The Morgan fingerprint density at radius 2 is 1.72 bits per heavy atom. The smallest absolute Gasteiger partial charge is 0.336 e. The number of hydrogen-bond acceptors (Lipinski definition) is 5. The minimum Gasteiger partial charge on any atom is -0.460 e. The molecule has 0 amide bonds. The van der Waals surface area contributed by atoms with Gasteiger partial charge in [-0.15, -0.1) is 0 Å². The highest BCUT2D eigenvalue weighted by Crippen LogP contribution is 2.24. The first-order valence-electron chi connectivity index (χ1n) is 9.99. The van der Waals surface area contributed by atoms with Gasteiger partial charge in [-0.05, 0) is 60.0 Å². The number of carbonyl (C=O) groups excluding carboxylic acids is 1. The van der Waals surface area contributed by atoms with Crippen LogP contribution >= 0.6 is 0 Å². The zero-order valence-electron chi connectivity index (χ0n) is 17.2. The van der Waals surface area contributed by atoms with Gasteiger partial charge in [-0.3, -0.25) is 4.79 Å². The Bertz CT molecular complexity index is 1340. The summed E-state index contributed by atoms with van der Waals surface area (Å²) in [5.74, 6) is -0.156. The maximum absolute atomic E-state index is 12.9. The summed E-state index contributed by atoms with van der Waals surface area (Å²) in [6, 6.07) is 17.6. The van der Waals surface area contributed by atoms with Gasteiger partial charge in [-0.1, -0.05) is 31.2 Å². The number of carbonyl (C=O) groups is 1. The molecule has 0 aliphatic heterocycles. The van der Waals surface area contributed by atoms with Crippen LogP contribution in [0.1, 0.15) is 18.1 Å². The van der Waals surface area contributed by atoms with E-state index in [4.69, 9.17) is 13.9 Å². The Labute approximate surface area is 183 Å². The average Bonchev–Trinajstić information content (AvgIpc) is 2.81. The number of aryl methyl sites for hydroxylation is 1. The molecular formula is C26H19FO5. The third-order valence-corrected chi connectivity index (χ3v) is 4.77. The summed E-state index contributed by atoms with van der Waals surface area (Å²) < 4.78 is 29.4. The largest absolute Gasteiger partial charge is 0.460 e. The van der Waals surface area contributed by atoms with E-state index in [1.807, 2.05) is 12.1 Å². The highest BCUT2D eigenvalue weighted by atomic mass is 19.1. The van der Waals surface area contributed by atoms with Crippen LogP contribution in [0.5, 0.6) is 17.2 Å². The molecule has 0 bridgehead atoms. The standard InChI is InChI=1S/C26H19FO5/c1-2-17-5-10-20(11-6-17)31-24-16-30-23-15-21(12-13-22(23)26(24)29)32-25(28)14-7-18-3-8-19(27)9-4-18/h3-16H,2H2,1H3. The Kier molecular flexibility index (Phi) is 6.12. The van der Waals surface area contributed by atoms with Crippen LogP contribution in [0.2, 0.25) is 0 Å². The zero-order valence-corrected chi connectivity index (χ0v) is 17.2.